The molecule has 2 atom stereocenters. The van der Waals surface area contributed by atoms with Crippen LogP contribution in [0.5, 0.6) is 0 Å². The van der Waals surface area contributed by atoms with E-state index < -0.39 is 0 Å². The number of benzene rings is 1. The van der Waals surface area contributed by atoms with Crippen LogP contribution >= 0.6 is 0 Å². The molecule has 0 bridgehead atoms. The molecule has 0 radical (unpaired) electrons. The molecule has 2 aromatic heterocycles. The predicted molar refractivity (Wildman–Crippen MR) is 109 cm³/mol. The maximum Gasteiger partial charge on any atom is 0.224 e. The minimum Gasteiger partial charge on any atom is -0.355 e. The fourth-order valence-electron chi connectivity index (χ4n) is 4.67. The molecular formula is C22H25N5O. The molecule has 1 aliphatic heterocycles. The smallest absolute Gasteiger partial charge is 0.224 e. The lowest BCUT2D eigenvalue weighted by Gasteiger charge is -2.39. The van der Waals surface area contributed by atoms with Crippen molar-refractivity contribution >= 4 is 22.8 Å². The Morgan fingerprint density at radius 3 is 2.86 bits per heavy atom. The van der Waals surface area contributed by atoms with Crippen LogP contribution in [0, 0.1) is 11.3 Å². The molecule has 1 aromatic carbocycles. The summed E-state index contributed by atoms with van der Waals surface area (Å²) in [4.78, 5) is 27.4. The summed E-state index contributed by atoms with van der Waals surface area (Å²) in [7, 11) is 0. The lowest BCUT2D eigenvalue weighted by Crippen LogP contribution is -2.48. The molecule has 28 heavy (non-hydrogen) atoms. The number of amides is 1. The summed E-state index contributed by atoms with van der Waals surface area (Å²) in [6, 6.07) is 12.2. The van der Waals surface area contributed by atoms with E-state index in [2.05, 4.69) is 44.2 Å². The van der Waals surface area contributed by atoms with Gasteiger partial charge in [-0.1, -0.05) is 30.3 Å². The van der Waals surface area contributed by atoms with Crippen LogP contribution in [0.4, 0.5) is 5.82 Å². The highest BCUT2D eigenvalue weighted by atomic mass is 16.2. The van der Waals surface area contributed by atoms with Crippen molar-refractivity contribution in [2.45, 2.75) is 32.2 Å². The molecule has 3 aromatic rings. The van der Waals surface area contributed by atoms with Gasteiger partial charge < -0.3 is 15.2 Å². The van der Waals surface area contributed by atoms with Gasteiger partial charge in [0.1, 0.15) is 17.8 Å². The van der Waals surface area contributed by atoms with E-state index in [0.29, 0.717) is 0 Å². The SMILES string of the molecule is C[C@H](NC(=O)C1CCN(c2ncnc3[nH]ccc23)CC12CC2)c1ccccc1. The normalized spacial score (nSPS) is 21.6. The first-order chi connectivity index (χ1) is 13.7. The lowest BCUT2D eigenvalue weighted by atomic mass is 9.81. The van der Waals surface area contributed by atoms with Crippen LogP contribution in [0.25, 0.3) is 11.0 Å². The highest BCUT2D eigenvalue weighted by molar-refractivity contribution is 5.87. The van der Waals surface area contributed by atoms with Gasteiger partial charge in [-0.25, -0.2) is 9.97 Å². The molecule has 1 saturated carbocycles. The van der Waals surface area contributed by atoms with Crippen LogP contribution in [0.15, 0.2) is 48.9 Å². The molecule has 1 unspecified atom stereocenters. The van der Waals surface area contributed by atoms with Crippen molar-refractivity contribution in [3.63, 3.8) is 0 Å². The number of rotatable bonds is 4. The molecule has 6 heteroatoms. The first-order valence-electron chi connectivity index (χ1n) is 10.0. The van der Waals surface area contributed by atoms with Crippen LogP contribution in [0.1, 0.15) is 37.8 Å². The number of nitrogens with one attached hydrogen (secondary N) is 2. The van der Waals surface area contributed by atoms with Gasteiger partial charge in [0.2, 0.25) is 5.91 Å². The largest absolute Gasteiger partial charge is 0.355 e. The number of aromatic amines is 1. The van der Waals surface area contributed by atoms with E-state index in [4.69, 9.17) is 0 Å². The Labute approximate surface area is 164 Å². The van der Waals surface area contributed by atoms with Gasteiger partial charge >= 0.3 is 0 Å². The topological polar surface area (TPSA) is 73.9 Å². The molecule has 144 valence electrons. The first kappa shape index (κ1) is 17.2. The summed E-state index contributed by atoms with van der Waals surface area (Å²) < 4.78 is 0. The number of piperidine rings is 1. The second-order valence-electron chi connectivity index (χ2n) is 8.20. The average molecular weight is 375 g/mol. The van der Waals surface area contributed by atoms with Gasteiger partial charge in [-0.3, -0.25) is 4.79 Å². The summed E-state index contributed by atoms with van der Waals surface area (Å²) in [6.45, 7) is 3.80. The summed E-state index contributed by atoms with van der Waals surface area (Å²) >= 11 is 0. The van der Waals surface area contributed by atoms with E-state index in [1.165, 1.54) is 0 Å². The fourth-order valence-corrected chi connectivity index (χ4v) is 4.67. The molecule has 1 spiro atoms. The lowest BCUT2D eigenvalue weighted by molar-refractivity contribution is -0.128. The number of anilines is 1. The van der Waals surface area contributed by atoms with Gasteiger partial charge in [0, 0.05) is 25.2 Å². The van der Waals surface area contributed by atoms with Crippen molar-refractivity contribution in [3.8, 4) is 0 Å². The third-order valence-electron chi connectivity index (χ3n) is 6.43. The number of carbonyl (C=O) groups excluding carboxylic acids is 1. The van der Waals surface area contributed by atoms with Crippen molar-refractivity contribution < 1.29 is 4.79 Å². The zero-order valence-electron chi connectivity index (χ0n) is 16.1. The van der Waals surface area contributed by atoms with Gasteiger partial charge in [-0.2, -0.15) is 0 Å². The standard InChI is InChI=1S/C22H25N5O/c1-15(16-5-3-2-4-6-16)26-21(28)18-8-12-27(13-22(18)9-10-22)20-17-7-11-23-19(17)24-14-25-20/h2-7,11,14-15,18H,8-10,12-13H2,1H3,(H,26,28)(H,23,24,25)/t15-,18?/m0/s1. The molecule has 1 aliphatic carbocycles. The van der Waals surface area contributed by atoms with E-state index in [0.717, 1.165) is 54.8 Å². The van der Waals surface area contributed by atoms with Crippen molar-refractivity contribution in [1.29, 1.82) is 0 Å². The number of hydrogen-bond acceptors (Lipinski definition) is 4. The van der Waals surface area contributed by atoms with Gasteiger partial charge in [-0.05, 0) is 43.2 Å². The third-order valence-corrected chi connectivity index (χ3v) is 6.43. The Bertz CT molecular complexity index is 994. The zero-order valence-corrected chi connectivity index (χ0v) is 16.1. The van der Waals surface area contributed by atoms with Crippen molar-refractivity contribution in [1.82, 2.24) is 20.3 Å². The van der Waals surface area contributed by atoms with Crippen LogP contribution in [0.3, 0.4) is 0 Å². The van der Waals surface area contributed by atoms with Gasteiger partial charge in [0.25, 0.3) is 0 Å². The second kappa shape index (κ2) is 6.62. The van der Waals surface area contributed by atoms with Crippen molar-refractivity contribution in [2.24, 2.45) is 11.3 Å². The maximum absolute atomic E-state index is 13.1. The van der Waals surface area contributed by atoms with Crippen molar-refractivity contribution in [2.75, 3.05) is 18.0 Å². The van der Waals surface area contributed by atoms with E-state index in [-0.39, 0.29) is 23.3 Å². The van der Waals surface area contributed by atoms with Crippen molar-refractivity contribution in [3.05, 3.63) is 54.5 Å². The Balaban J connectivity index is 1.32. The Morgan fingerprint density at radius 2 is 2.07 bits per heavy atom. The summed E-state index contributed by atoms with van der Waals surface area (Å²) in [5, 5.41) is 4.31. The molecule has 5 rings (SSSR count). The molecule has 2 fully saturated rings. The minimum absolute atomic E-state index is 0.0314. The van der Waals surface area contributed by atoms with E-state index in [9.17, 15) is 4.79 Å². The predicted octanol–water partition coefficient (Wildman–Crippen LogP) is 3.44. The summed E-state index contributed by atoms with van der Waals surface area (Å²) in [5.41, 5.74) is 2.10. The Hall–Kier alpha value is -2.89. The van der Waals surface area contributed by atoms with E-state index in [1.807, 2.05) is 30.5 Å². The molecule has 2 aliphatic rings. The van der Waals surface area contributed by atoms with Crippen LogP contribution in [-0.4, -0.2) is 33.9 Å². The number of fused-ring (bicyclic) bond motifs is 1. The molecule has 6 nitrogen and oxygen atoms in total. The number of hydrogen-bond donors (Lipinski definition) is 2. The van der Waals surface area contributed by atoms with Gasteiger partial charge in [-0.15, -0.1) is 0 Å². The quantitative estimate of drug-likeness (QED) is 0.733. The number of nitrogens with zero attached hydrogens (tertiary/aromatic N) is 3. The molecule has 1 saturated heterocycles. The fraction of sp³-hybridized carbons (Fsp3) is 0.409. The number of aromatic nitrogens is 3. The van der Waals surface area contributed by atoms with Crippen LogP contribution < -0.4 is 10.2 Å². The molecule has 2 N–H and O–H groups in total. The van der Waals surface area contributed by atoms with E-state index >= 15 is 0 Å². The highest BCUT2D eigenvalue weighted by Crippen LogP contribution is 2.56. The number of H-pyrrole nitrogens is 1. The van der Waals surface area contributed by atoms with Crippen LogP contribution in [0.2, 0.25) is 0 Å². The van der Waals surface area contributed by atoms with E-state index in [1.54, 1.807) is 6.33 Å². The monoisotopic (exact) mass is 375 g/mol. The summed E-state index contributed by atoms with van der Waals surface area (Å²) in [5.74, 6) is 1.26. The highest BCUT2D eigenvalue weighted by Gasteiger charge is 2.55. The third kappa shape index (κ3) is 2.93. The second-order valence-corrected chi connectivity index (χ2v) is 8.20. The average Bonchev–Trinajstić information content (AvgIpc) is 3.30. The first-order valence-corrected chi connectivity index (χ1v) is 10.0. The number of carbonyl (C=O) groups is 1. The van der Waals surface area contributed by atoms with Crippen LogP contribution in [-0.2, 0) is 4.79 Å². The molecule has 3 heterocycles. The molecule has 1 amide bonds. The van der Waals surface area contributed by atoms with Gasteiger partial charge in [0.15, 0.2) is 0 Å². The summed E-state index contributed by atoms with van der Waals surface area (Å²) in [6.07, 6.45) is 6.61. The van der Waals surface area contributed by atoms with Gasteiger partial charge in [0.05, 0.1) is 11.4 Å². The minimum atomic E-state index is 0.0314. The zero-order chi connectivity index (χ0) is 19.1. The Kier molecular flexibility index (Phi) is 4.07. The molecular weight excluding hydrogens is 350 g/mol. The Morgan fingerprint density at radius 1 is 1.25 bits per heavy atom. The maximum atomic E-state index is 13.1.